The highest BCUT2D eigenvalue weighted by atomic mass is 32.2. The van der Waals surface area contributed by atoms with E-state index < -0.39 is 20.5 Å². The summed E-state index contributed by atoms with van der Waals surface area (Å²) < 4.78 is 25.3. The van der Waals surface area contributed by atoms with Gasteiger partial charge in [-0.05, 0) is 57.5 Å². The van der Waals surface area contributed by atoms with Crippen molar-refractivity contribution in [2.75, 3.05) is 5.32 Å². The van der Waals surface area contributed by atoms with E-state index in [0.717, 1.165) is 5.56 Å². The molecule has 2 aromatic heterocycles. The fourth-order valence-electron chi connectivity index (χ4n) is 2.85. The minimum atomic E-state index is -3.67. The number of nitrogens with zero attached hydrogens (tertiary/aromatic N) is 2. The molecule has 146 valence electrons. The van der Waals surface area contributed by atoms with E-state index in [0.29, 0.717) is 16.8 Å². The summed E-state index contributed by atoms with van der Waals surface area (Å²) in [6, 6.07) is 6.92. The zero-order chi connectivity index (χ0) is 20.7. The topological polar surface area (TPSA) is 115 Å². The Hall–Kier alpha value is -3.00. The van der Waals surface area contributed by atoms with Gasteiger partial charge in [0.2, 0.25) is 0 Å². The zero-order valence-corrected chi connectivity index (χ0v) is 17.0. The maximum absolute atomic E-state index is 13.1. The minimum absolute atomic E-state index is 0.125. The quantitative estimate of drug-likeness (QED) is 0.696. The lowest BCUT2D eigenvalue weighted by atomic mass is 10.1. The van der Waals surface area contributed by atoms with E-state index in [9.17, 15) is 13.2 Å². The Morgan fingerprint density at radius 1 is 1.18 bits per heavy atom. The predicted molar refractivity (Wildman–Crippen MR) is 109 cm³/mol. The van der Waals surface area contributed by atoms with Crippen molar-refractivity contribution in [3.05, 3.63) is 54.0 Å². The largest absolute Gasteiger partial charge is 0.365 e. The minimum Gasteiger partial charge on any atom is -0.365 e. The number of hydrogen-bond acceptors (Lipinski definition) is 6. The number of benzene rings is 1. The molecule has 0 aliphatic heterocycles. The number of hydrogen-bond donors (Lipinski definition) is 2. The van der Waals surface area contributed by atoms with Crippen molar-refractivity contribution in [3.8, 4) is 0 Å². The molecule has 0 radical (unpaired) electrons. The summed E-state index contributed by atoms with van der Waals surface area (Å²) in [6.45, 7) is 6.72. The third kappa shape index (κ3) is 3.43. The van der Waals surface area contributed by atoms with Gasteiger partial charge in [0.15, 0.2) is 9.84 Å². The fourth-order valence-corrected chi connectivity index (χ4v) is 4.26. The van der Waals surface area contributed by atoms with E-state index >= 15 is 0 Å². The van der Waals surface area contributed by atoms with E-state index in [1.54, 1.807) is 64.4 Å². The first-order valence-electron chi connectivity index (χ1n) is 8.67. The van der Waals surface area contributed by atoms with Gasteiger partial charge in [-0.25, -0.2) is 8.42 Å². The van der Waals surface area contributed by atoms with E-state index in [1.165, 1.54) is 6.20 Å². The number of fused-ring (bicyclic) bond motifs is 1. The smallest absolute Gasteiger partial charge is 0.252 e. The maximum Gasteiger partial charge on any atom is 0.252 e. The lowest BCUT2D eigenvalue weighted by Crippen LogP contribution is -2.28. The molecule has 8 heteroatoms. The number of amides is 1. The average molecular weight is 398 g/mol. The lowest BCUT2D eigenvalue weighted by molar-refractivity contribution is 0.100. The monoisotopic (exact) mass is 398 g/mol. The zero-order valence-electron chi connectivity index (χ0n) is 16.1. The van der Waals surface area contributed by atoms with Crippen LogP contribution in [0.2, 0.25) is 0 Å². The number of carbonyl (C=O) groups excluding carboxylic acids is 1. The van der Waals surface area contributed by atoms with Crippen LogP contribution in [-0.4, -0.2) is 29.0 Å². The molecule has 1 amide bonds. The number of nitrogens with two attached hydrogens (primary N) is 1. The number of sulfone groups is 1. The number of aryl methyl sites for hydroxylation is 1. The Kier molecular flexibility index (Phi) is 4.84. The number of pyridine rings is 2. The van der Waals surface area contributed by atoms with Gasteiger partial charge < -0.3 is 11.1 Å². The van der Waals surface area contributed by atoms with Gasteiger partial charge in [0.05, 0.1) is 38.3 Å². The van der Waals surface area contributed by atoms with Gasteiger partial charge in [-0.3, -0.25) is 14.8 Å². The predicted octanol–water partition coefficient (Wildman–Crippen LogP) is 3.35. The summed E-state index contributed by atoms with van der Waals surface area (Å²) in [5.41, 5.74) is 7.76. The molecular weight excluding hydrogens is 376 g/mol. The van der Waals surface area contributed by atoms with Gasteiger partial charge >= 0.3 is 0 Å². The van der Waals surface area contributed by atoms with Crippen LogP contribution >= 0.6 is 0 Å². The molecule has 28 heavy (non-hydrogen) atoms. The van der Waals surface area contributed by atoms with Crippen molar-refractivity contribution in [2.45, 2.75) is 37.3 Å². The summed E-state index contributed by atoms with van der Waals surface area (Å²) in [5.74, 6) is -0.664. The molecule has 2 heterocycles. The molecule has 0 saturated carbocycles. The Bertz CT molecular complexity index is 1170. The number of rotatable bonds is 4. The van der Waals surface area contributed by atoms with Crippen LogP contribution in [0.3, 0.4) is 0 Å². The van der Waals surface area contributed by atoms with Gasteiger partial charge in [0.25, 0.3) is 5.91 Å². The number of primary amides is 1. The molecule has 3 N–H and O–H groups in total. The first kappa shape index (κ1) is 19.8. The SMILES string of the molecule is Cc1cc(S(=O)(=O)C(C)(C)C)c2ncc(C(N)=O)c(Nc3cccnc3)c2c1. The summed E-state index contributed by atoms with van der Waals surface area (Å²) >= 11 is 0. The molecule has 0 bridgehead atoms. The molecule has 1 aromatic carbocycles. The molecule has 0 spiro atoms. The first-order valence-corrected chi connectivity index (χ1v) is 10.2. The van der Waals surface area contributed by atoms with E-state index in [1.807, 2.05) is 0 Å². The Balaban J connectivity index is 2.38. The Morgan fingerprint density at radius 3 is 2.46 bits per heavy atom. The molecule has 7 nitrogen and oxygen atoms in total. The van der Waals surface area contributed by atoms with Gasteiger partial charge in [-0.15, -0.1) is 0 Å². The second kappa shape index (κ2) is 6.87. The van der Waals surface area contributed by atoms with Crippen LogP contribution in [0, 0.1) is 6.92 Å². The Labute approximate surface area is 163 Å². The summed E-state index contributed by atoms with van der Waals surface area (Å²) in [5, 5.41) is 3.65. The van der Waals surface area contributed by atoms with Crippen LogP contribution < -0.4 is 11.1 Å². The first-order chi connectivity index (χ1) is 13.0. The van der Waals surface area contributed by atoms with Crippen LogP contribution in [-0.2, 0) is 9.84 Å². The van der Waals surface area contributed by atoms with Crippen molar-refractivity contribution >= 4 is 38.0 Å². The molecule has 0 atom stereocenters. The summed E-state index contributed by atoms with van der Waals surface area (Å²) in [4.78, 5) is 20.5. The van der Waals surface area contributed by atoms with Gasteiger partial charge in [-0.1, -0.05) is 0 Å². The number of nitrogens with one attached hydrogen (secondary N) is 1. The van der Waals surface area contributed by atoms with Crippen LogP contribution in [0.1, 0.15) is 36.7 Å². The molecule has 3 aromatic rings. The molecule has 0 aliphatic rings. The van der Waals surface area contributed by atoms with Crippen LogP contribution in [0.5, 0.6) is 0 Å². The molecule has 0 saturated heterocycles. The highest BCUT2D eigenvalue weighted by molar-refractivity contribution is 7.93. The highest BCUT2D eigenvalue weighted by Gasteiger charge is 2.33. The molecule has 0 fully saturated rings. The van der Waals surface area contributed by atoms with Crippen LogP contribution in [0.25, 0.3) is 10.9 Å². The molecule has 0 unspecified atom stereocenters. The standard InChI is InChI=1S/C20H22N4O3S/c1-12-8-14-17(24-13-6-5-7-22-10-13)15(19(21)25)11-23-18(14)16(9-12)28(26,27)20(2,3)4/h5-11H,1-4H3,(H2,21,25)(H,23,24). The van der Waals surface area contributed by atoms with Crippen LogP contribution in [0.4, 0.5) is 11.4 Å². The third-order valence-electron chi connectivity index (χ3n) is 4.37. The van der Waals surface area contributed by atoms with Gasteiger partial charge in [0, 0.05) is 17.8 Å². The van der Waals surface area contributed by atoms with Crippen molar-refractivity contribution in [2.24, 2.45) is 5.73 Å². The lowest BCUT2D eigenvalue weighted by Gasteiger charge is -2.22. The molecular formula is C20H22N4O3S. The molecule has 3 rings (SSSR count). The van der Waals surface area contributed by atoms with Crippen molar-refractivity contribution < 1.29 is 13.2 Å². The van der Waals surface area contributed by atoms with Gasteiger partial charge in [-0.2, -0.15) is 0 Å². The second-order valence-electron chi connectivity index (χ2n) is 7.55. The summed E-state index contributed by atoms with van der Waals surface area (Å²) in [6.07, 6.45) is 4.53. The third-order valence-corrected chi connectivity index (χ3v) is 6.88. The van der Waals surface area contributed by atoms with Crippen molar-refractivity contribution in [1.29, 1.82) is 0 Å². The van der Waals surface area contributed by atoms with Gasteiger partial charge in [0.1, 0.15) is 0 Å². The number of carbonyl (C=O) groups is 1. The number of aromatic nitrogens is 2. The second-order valence-corrected chi connectivity index (χ2v) is 10.2. The van der Waals surface area contributed by atoms with Crippen molar-refractivity contribution in [1.82, 2.24) is 9.97 Å². The normalized spacial score (nSPS) is 12.1. The van der Waals surface area contributed by atoms with E-state index in [4.69, 9.17) is 5.73 Å². The highest BCUT2D eigenvalue weighted by Crippen LogP contribution is 2.36. The Morgan fingerprint density at radius 2 is 1.89 bits per heavy atom. The fraction of sp³-hybridized carbons (Fsp3) is 0.250. The summed E-state index contributed by atoms with van der Waals surface area (Å²) in [7, 11) is -3.67. The average Bonchev–Trinajstić information content (AvgIpc) is 2.61. The van der Waals surface area contributed by atoms with E-state index in [-0.39, 0.29) is 16.0 Å². The van der Waals surface area contributed by atoms with E-state index in [2.05, 4.69) is 15.3 Å². The number of anilines is 2. The van der Waals surface area contributed by atoms with Crippen LogP contribution in [0.15, 0.2) is 47.8 Å². The maximum atomic E-state index is 13.1. The molecule has 0 aliphatic carbocycles. The van der Waals surface area contributed by atoms with Crippen molar-refractivity contribution in [3.63, 3.8) is 0 Å².